The molecule has 0 fully saturated rings. The maximum atomic E-state index is 12.2. The van der Waals surface area contributed by atoms with Gasteiger partial charge in [-0.15, -0.1) is 0 Å². The number of aromatic nitrogens is 1. The van der Waals surface area contributed by atoms with Crippen molar-refractivity contribution in [2.24, 2.45) is 0 Å². The lowest BCUT2D eigenvalue weighted by Crippen LogP contribution is -2.02. The summed E-state index contributed by atoms with van der Waals surface area (Å²) in [6.45, 7) is 3.14. The molecule has 3 aromatic rings. The fourth-order valence-corrected chi connectivity index (χ4v) is 3.37. The summed E-state index contributed by atoms with van der Waals surface area (Å²) in [6, 6.07) is 14.4. The summed E-state index contributed by atoms with van der Waals surface area (Å²) in [5, 5.41) is 4.49. The van der Waals surface area contributed by atoms with Gasteiger partial charge in [-0.25, -0.2) is 4.79 Å². The molecular formula is C21H20N2O2. The van der Waals surface area contributed by atoms with Crippen LogP contribution in [0.4, 0.5) is 5.69 Å². The zero-order chi connectivity index (χ0) is 17.2. The molecule has 4 heteroatoms. The second kappa shape index (κ2) is 6.48. The first-order valence-electron chi connectivity index (χ1n) is 8.58. The zero-order valence-corrected chi connectivity index (χ0v) is 14.1. The third-order valence-corrected chi connectivity index (χ3v) is 4.56. The van der Waals surface area contributed by atoms with Crippen molar-refractivity contribution in [1.82, 2.24) is 4.98 Å². The molecule has 0 amide bonds. The molecule has 0 saturated heterocycles. The molecular weight excluding hydrogens is 312 g/mol. The van der Waals surface area contributed by atoms with Gasteiger partial charge in [-0.05, 0) is 42.2 Å². The molecule has 0 bridgehead atoms. The number of hydrogen-bond acceptors (Lipinski definition) is 3. The Morgan fingerprint density at radius 1 is 1.24 bits per heavy atom. The van der Waals surface area contributed by atoms with Crippen LogP contribution in [-0.4, -0.2) is 24.1 Å². The first-order valence-corrected chi connectivity index (χ1v) is 8.58. The van der Waals surface area contributed by atoms with Crippen LogP contribution in [0.2, 0.25) is 0 Å². The number of ether oxygens (including phenoxy) is 1. The number of esters is 1. The van der Waals surface area contributed by atoms with Gasteiger partial charge >= 0.3 is 5.97 Å². The van der Waals surface area contributed by atoms with Crippen LogP contribution in [0.15, 0.2) is 54.7 Å². The zero-order valence-electron chi connectivity index (χ0n) is 14.1. The number of nitrogens with one attached hydrogen (secondary N) is 2. The van der Waals surface area contributed by atoms with E-state index in [0.29, 0.717) is 6.61 Å². The van der Waals surface area contributed by atoms with Gasteiger partial charge in [0.05, 0.1) is 6.61 Å². The molecule has 4 rings (SSSR count). The van der Waals surface area contributed by atoms with Gasteiger partial charge in [-0.3, -0.25) is 0 Å². The van der Waals surface area contributed by atoms with Crippen LogP contribution in [0, 0.1) is 0 Å². The first kappa shape index (κ1) is 15.5. The average molecular weight is 332 g/mol. The Labute approximate surface area is 146 Å². The Morgan fingerprint density at radius 3 is 3.00 bits per heavy atom. The molecule has 1 aliphatic rings. The molecule has 2 heterocycles. The van der Waals surface area contributed by atoms with Crippen molar-refractivity contribution >= 4 is 28.1 Å². The number of benzene rings is 2. The smallest absolute Gasteiger partial charge is 0.331 e. The largest absolute Gasteiger partial charge is 0.463 e. The van der Waals surface area contributed by atoms with Crippen molar-refractivity contribution in [2.75, 3.05) is 18.5 Å². The Balaban J connectivity index is 1.86. The minimum atomic E-state index is -0.323. The second-order valence-corrected chi connectivity index (χ2v) is 6.11. The number of rotatable bonds is 4. The van der Waals surface area contributed by atoms with E-state index in [4.69, 9.17) is 4.74 Å². The Bertz CT molecular complexity index is 969. The average Bonchev–Trinajstić information content (AvgIpc) is 3.26. The summed E-state index contributed by atoms with van der Waals surface area (Å²) >= 11 is 0. The third kappa shape index (κ3) is 2.91. The van der Waals surface area contributed by atoms with Gasteiger partial charge in [-0.1, -0.05) is 30.3 Å². The van der Waals surface area contributed by atoms with Gasteiger partial charge in [0.2, 0.25) is 0 Å². The van der Waals surface area contributed by atoms with E-state index in [9.17, 15) is 4.79 Å². The SMILES string of the molecule is CCOC(=O)/C=C(/c1ccc2c(c1)NCC2)c1c[nH]c2ccccc12. The minimum absolute atomic E-state index is 0.323. The summed E-state index contributed by atoms with van der Waals surface area (Å²) in [7, 11) is 0. The van der Waals surface area contributed by atoms with Crippen LogP contribution in [-0.2, 0) is 16.0 Å². The summed E-state index contributed by atoms with van der Waals surface area (Å²) < 4.78 is 5.16. The lowest BCUT2D eigenvalue weighted by atomic mass is 9.95. The van der Waals surface area contributed by atoms with Crippen molar-refractivity contribution < 1.29 is 9.53 Å². The fourth-order valence-electron chi connectivity index (χ4n) is 3.37. The minimum Gasteiger partial charge on any atom is -0.463 e. The van der Waals surface area contributed by atoms with Gasteiger partial charge in [-0.2, -0.15) is 0 Å². The molecule has 1 aromatic heterocycles. The van der Waals surface area contributed by atoms with E-state index >= 15 is 0 Å². The molecule has 2 N–H and O–H groups in total. The van der Waals surface area contributed by atoms with Gasteiger partial charge in [0, 0.05) is 41.0 Å². The summed E-state index contributed by atoms with van der Waals surface area (Å²) in [5.74, 6) is -0.323. The summed E-state index contributed by atoms with van der Waals surface area (Å²) in [5.41, 5.74) is 6.39. The van der Waals surface area contributed by atoms with Crippen molar-refractivity contribution in [3.05, 3.63) is 71.4 Å². The molecule has 25 heavy (non-hydrogen) atoms. The highest BCUT2D eigenvalue weighted by molar-refractivity contribution is 6.03. The van der Waals surface area contributed by atoms with Gasteiger partial charge < -0.3 is 15.0 Å². The van der Waals surface area contributed by atoms with Crippen LogP contribution in [0.25, 0.3) is 16.5 Å². The topological polar surface area (TPSA) is 54.1 Å². The monoisotopic (exact) mass is 332 g/mol. The van der Waals surface area contributed by atoms with Crippen LogP contribution in [0.3, 0.4) is 0 Å². The summed E-state index contributed by atoms with van der Waals surface area (Å²) in [4.78, 5) is 15.5. The molecule has 2 aromatic carbocycles. The molecule has 4 nitrogen and oxygen atoms in total. The number of carbonyl (C=O) groups is 1. The third-order valence-electron chi connectivity index (χ3n) is 4.56. The normalized spacial score (nSPS) is 13.6. The van der Waals surface area contributed by atoms with E-state index < -0.39 is 0 Å². The maximum absolute atomic E-state index is 12.2. The van der Waals surface area contributed by atoms with E-state index in [1.807, 2.05) is 31.3 Å². The predicted molar refractivity (Wildman–Crippen MR) is 101 cm³/mol. The molecule has 0 aliphatic carbocycles. The van der Waals surface area contributed by atoms with E-state index in [0.717, 1.165) is 46.3 Å². The predicted octanol–water partition coefficient (Wildman–Crippen LogP) is 4.13. The van der Waals surface area contributed by atoms with Crippen molar-refractivity contribution in [1.29, 1.82) is 0 Å². The van der Waals surface area contributed by atoms with E-state index in [2.05, 4.69) is 34.6 Å². The van der Waals surface area contributed by atoms with Gasteiger partial charge in [0.15, 0.2) is 0 Å². The quantitative estimate of drug-likeness (QED) is 0.558. The lowest BCUT2D eigenvalue weighted by Gasteiger charge is -2.10. The number of hydrogen-bond donors (Lipinski definition) is 2. The molecule has 0 radical (unpaired) electrons. The second-order valence-electron chi connectivity index (χ2n) is 6.11. The van der Waals surface area contributed by atoms with Gasteiger partial charge in [0.1, 0.15) is 0 Å². The fraction of sp³-hybridized carbons (Fsp3) is 0.190. The van der Waals surface area contributed by atoms with E-state index in [1.54, 1.807) is 6.08 Å². The standard InChI is InChI=1S/C21H20N2O2/c1-2-25-21(24)12-17(15-8-7-14-9-10-22-20(14)11-15)18-13-23-19-6-4-3-5-16(18)19/h3-8,11-13,22-23H,2,9-10H2,1H3/b17-12-. The Kier molecular flexibility index (Phi) is 4.02. The van der Waals surface area contributed by atoms with Gasteiger partial charge in [0.25, 0.3) is 0 Å². The van der Waals surface area contributed by atoms with E-state index in [1.165, 1.54) is 5.56 Å². The van der Waals surface area contributed by atoms with Crippen molar-refractivity contribution in [3.63, 3.8) is 0 Å². The highest BCUT2D eigenvalue weighted by atomic mass is 16.5. The molecule has 126 valence electrons. The van der Waals surface area contributed by atoms with Crippen molar-refractivity contribution in [3.8, 4) is 0 Å². The van der Waals surface area contributed by atoms with E-state index in [-0.39, 0.29) is 5.97 Å². The van der Waals surface area contributed by atoms with Crippen LogP contribution in [0.5, 0.6) is 0 Å². The van der Waals surface area contributed by atoms with Crippen LogP contribution >= 0.6 is 0 Å². The number of fused-ring (bicyclic) bond motifs is 2. The molecule has 0 unspecified atom stereocenters. The summed E-state index contributed by atoms with van der Waals surface area (Å²) in [6.07, 6.45) is 4.59. The number of carbonyl (C=O) groups excluding carboxylic acids is 1. The lowest BCUT2D eigenvalue weighted by molar-refractivity contribution is -0.137. The van der Waals surface area contributed by atoms with Crippen LogP contribution < -0.4 is 5.32 Å². The molecule has 0 atom stereocenters. The number of aromatic amines is 1. The number of H-pyrrole nitrogens is 1. The van der Waals surface area contributed by atoms with Crippen molar-refractivity contribution in [2.45, 2.75) is 13.3 Å². The maximum Gasteiger partial charge on any atom is 0.331 e. The highest BCUT2D eigenvalue weighted by Crippen LogP contribution is 2.33. The Morgan fingerprint density at radius 2 is 2.12 bits per heavy atom. The Hall–Kier alpha value is -3.01. The number of para-hydroxylation sites is 1. The molecule has 0 spiro atoms. The highest BCUT2D eigenvalue weighted by Gasteiger charge is 2.16. The molecule has 0 saturated carbocycles. The molecule has 1 aliphatic heterocycles. The first-order chi connectivity index (χ1) is 12.3. The van der Waals surface area contributed by atoms with Crippen LogP contribution in [0.1, 0.15) is 23.6 Å². The number of anilines is 1.